The fourth-order valence-corrected chi connectivity index (χ4v) is 2.70. The second-order valence-corrected chi connectivity index (χ2v) is 6.04. The Bertz CT molecular complexity index is 949. The third-order valence-electron chi connectivity index (χ3n) is 3.86. The molecule has 0 fully saturated rings. The van der Waals surface area contributed by atoms with Gasteiger partial charge in [-0.25, -0.2) is 4.98 Å². The lowest BCUT2D eigenvalue weighted by molar-refractivity contribution is -0.115. The minimum absolute atomic E-state index is 0.154. The zero-order valence-electron chi connectivity index (χ0n) is 13.6. The van der Waals surface area contributed by atoms with Gasteiger partial charge in [0.25, 0.3) is 5.78 Å². The minimum atomic E-state index is -0.157. The van der Waals surface area contributed by atoms with Gasteiger partial charge in [-0.1, -0.05) is 17.7 Å². The number of rotatable bonds is 3. The number of nitrogens with two attached hydrogens (primary N) is 1. The van der Waals surface area contributed by atoms with Crippen molar-refractivity contribution in [3.05, 3.63) is 45.7 Å². The molecule has 0 spiro atoms. The third kappa shape index (κ3) is 3.03. The molecule has 0 aliphatic rings. The summed E-state index contributed by atoms with van der Waals surface area (Å²) in [6, 6.07) is 5.41. The smallest absolute Gasteiger partial charge is 0.254 e. The fraction of sp³-hybridized carbons (Fsp3) is 0.250. The summed E-state index contributed by atoms with van der Waals surface area (Å²) in [5.41, 5.74) is 9.54. The van der Waals surface area contributed by atoms with Crippen molar-refractivity contribution in [1.82, 2.24) is 19.6 Å². The second kappa shape index (κ2) is 6.09. The number of anilines is 2. The van der Waals surface area contributed by atoms with Crippen LogP contribution in [0.3, 0.4) is 0 Å². The molecule has 3 rings (SSSR count). The number of aromatic nitrogens is 4. The molecule has 1 aromatic carbocycles. The predicted octanol–water partition coefficient (Wildman–Crippen LogP) is 2.47. The first-order valence-electron chi connectivity index (χ1n) is 7.39. The SMILES string of the molecule is Cc1ccc(NC(=O)Cc2c(C)nc3nc(N)nn3c2C)cc1Cl. The molecule has 0 unspecified atom stereocenters. The molecule has 0 aliphatic heterocycles. The van der Waals surface area contributed by atoms with Crippen LogP contribution in [0.2, 0.25) is 5.02 Å². The van der Waals surface area contributed by atoms with Crippen LogP contribution < -0.4 is 11.1 Å². The highest BCUT2D eigenvalue weighted by molar-refractivity contribution is 6.31. The van der Waals surface area contributed by atoms with Crippen molar-refractivity contribution < 1.29 is 4.79 Å². The lowest BCUT2D eigenvalue weighted by atomic mass is 10.1. The molecule has 0 radical (unpaired) electrons. The average Bonchev–Trinajstić information content (AvgIpc) is 2.88. The number of hydrogen-bond donors (Lipinski definition) is 2. The van der Waals surface area contributed by atoms with Crippen LogP contribution in [-0.4, -0.2) is 25.5 Å². The Morgan fingerprint density at radius 3 is 2.75 bits per heavy atom. The van der Waals surface area contributed by atoms with Crippen LogP contribution in [0.25, 0.3) is 5.78 Å². The highest BCUT2D eigenvalue weighted by Crippen LogP contribution is 2.21. The predicted molar refractivity (Wildman–Crippen MR) is 93.2 cm³/mol. The van der Waals surface area contributed by atoms with E-state index < -0.39 is 0 Å². The van der Waals surface area contributed by atoms with Crippen molar-refractivity contribution in [1.29, 1.82) is 0 Å². The van der Waals surface area contributed by atoms with E-state index in [1.165, 1.54) is 0 Å². The maximum Gasteiger partial charge on any atom is 0.254 e. The molecule has 0 bridgehead atoms. The highest BCUT2D eigenvalue weighted by atomic mass is 35.5. The van der Waals surface area contributed by atoms with Gasteiger partial charge in [0.2, 0.25) is 11.9 Å². The molecule has 7 nitrogen and oxygen atoms in total. The third-order valence-corrected chi connectivity index (χ3v) is 4.27. The molecule has 124 valence electrons. The summed E-state index contributed by atoms with van der Waals surface area (Å²) in [7, 11) is 0. The van der Waals surface area contributed by atoms with Crippen LogP contribution in [-0.2, 0) is 11.2 Å². The average molecular weight is 345 g/mol. The van der Waals surface area contributed by atoms with Crippen LogP contribution in [0.5, 0.6) is 0 Å². The quantitative estimate of drug-likeness (QED) is 0.760. The van der Waals surface area contributed by atoms with Gasteiger partial charge >= 0.3 is 0 Å². The number of nitrogens with one attached hydrogen (secondary N) is 1. The van der Waals surface area contributed by atoms with Gasteiger partial charge in [-0.3, -0.25) is 4.79 Å². The first-order valence-corrected chi connectivity index (χ1v) is 7.77. The summed E-state index contributed by atoms with van der Waals surface area (Å²) in [5.74, 6) is 0.424. The molecular formula is C16H17ClN6O. The number of nitrogen functional groups attached to an aromatic ring is 1. The van der Waals surface area contributed by atoms with E-state index in [-0.39, 0.29) is 18.3 Å². The zero-order valence-corrected chi connectivity index (χ0v) is 14.3. The summed E-state index contributed by atoms with van der Waals surface area (Å²) in [5, 5.41) is 7.56. The molecule has 0 saturated carbocycles. The van der Waals surface area contributed by atoms with Crippen molar-refractivity contribution in [2.45, 2.75) is 27.2 Å². The van der Waals surface area contributed by atoms with E-state index in [9.17, 15) is 4.79 Å². The highest BCUT2D eigenvalue weighted by Gasteiger charge is 2.15. The lowest BCUT2D eigenvalue weighted by Gasteiger charge is -2.11. The van der Waals surface area contributed by atoms with E-state index in [1.807, 2.05) is 32.9 Å². The first kappa shape index (κ1) is 16.2. The van der Waals surface area contributed by atoms with Crippen LogP contribution in [0.4, 0.5) is 11.6 Å². The molecule has 3 N–H and O–H groups in total. The zero-order chi connectivity index (χ0) is 17.4. The minimum Gasteiger partial charge on any atom is -0.366 e. The maximum atomic E-state index is 12.4. The van der Waals surface area contributed by atoms with Crippen molar-refractivity contribution in [3.63, 3.8) is 0 Å². The Balaban J connectivity index is 1.86. The molecule has 0 saturated heterocycles. The van der Waals surface area contributed by atoms with Gasteiger partial charge in [0.1, 0.15) is 0 Å². The number of halogens is 1. The molecule has 0 atom stereocenters. The van der Waals surface area contributed by atoms with E-state index in [1.54, 1.807) is 10.6 Å². The largest absolute Gasteiger partial charge is 0.366 e. The standard InChI is InChI=1S/C16H17ClN6O/c1-8-4-5-11(6-13(8)17)20-14(24)7-12-9(2)19-16-21-15(18)22-23(16)10(12)3/h4-6H,7H2,1-3H3,(H2,18,22)(H,20,24). The number of carbonyl (C=O) groups excluding carboxylic acids is 1. The summed E-state index contributed by atoms with van der Waals surface area (Å²) < 4.78 is 1.55. The monoisotopic (exact) mass is 344 g/mol. The Hall–Kier alpha value is -2.67. The van der Waals surface area contributed by atoms with Gasteiger partial charge in [-0.15, -0.1) is 5.10 Å². The lowest BCUT2D eigenvalue weighted by Crippen LogP contribution is -2.17. The number of aryl methyl sites for hydroxylation is 3. The Morgan fingerprint density at radius 2 is 2.04 bits per heavy atom. The Kier molecular flexibility index (Phi) is 4.11. The van der Waals surface area contributed by atoms with Crippen molar-refractivity contribution in [3.8, 4) is 0 Å². The summed E-state index contributed by atoms with van der Waals surface area (Å²) in [6.07, 6.45) is 0.172. The fourth-order valence-electron chi connectivity index (χ4n) is 2.52. The number of amides is 1. The van der Waals surface area contributed by atoms with Crippen molar-refractivity contribution in [2.75, 3.05) is 11.1 Å². The van der Waals surface area contributed by atoms with Crippen molar-refractivity contribution in [2.24, 2.45) is 0 Å². The van der Waals surface area contributed by atoms with Crippen molar-refractivity contribution >= 4 is 34.9 Å². The van der Waals surface area contributed by atoms with Crippen LogP contribution in [0.15, 0.2) is 18.2 Å². The molecule has 8 heteroatoms. The molecule has 1 amide bonds. The van der Waals surface area contributed by atoms with E-state index in [4.69, 9.17) is 17.3 Å². The number of fused-ring (bicyclic) bond motifs is 1. The number of nitrogens with zero attached hydrogens (tertiary/aromatic N) is 4. The van der Waals surface area contributed by atoms with E-state index in [2.05, 4.69) is 20.4 Å². The van der Waals surface area contributed by atoms with Gasteiger partial charge in [-0.05, 0) is 38.5 Å². The van der Waals surface area contributed by atoms with Gasteiger partial charge < -0.3 is 11.1 Å². The van der Waals surface area contributed by atoms with Crippen LogP contribution in [0, 0.1) is 20.8 Å². The summed E-state index contributed by atoms with van der Waals surface area (Å²) in [6.45, 7) is 5.61. The maximum absolute atomic E-state index is 12.4. The first-order chi connectivity index (χ1) is 11.3. The topological polar surface area (TPSA) is 98.2 Å². The van der Waals surface area contributed by atoms with Gasteiger partial charge in [0, 0.05) is 27.7 Å². The van der Waals surface area contributed by atoms with E-state index in [0.29, 0.717) is 16.5 Å². The Morgan fingerprint density at radius 1 is 1.29 bits per heavy atom. The summed E-state index contributed by atoms with van der Waals surface area (Å²) >= 11 is 6.08. The Labute approximate surface area is 143 Å². The molecular weight excluding hydrogens is 328 g/mol. The van der Waals surface area contributed by atoms with E-state index in [0.717, 1.165) is 22.5 Å². The van der Waals surface area contributed by atoms with Crippen LogP contribution >= 0.6 is 11.6 Å². The van der Waals surface area contributed by atoms with Crippen LogP contribution in [0.1, 0.15) is 22.5 Å². The summed E-state index contributed by atoms with van der Waals surface area (Å²) in [4.78, 5) is 20.8. The second-order valence-electron chi connectivity index (χ2n) is 5.63. The van der Waals surface area contributed by atoms with Gasteiger partial charge in [0.15, 0.2) is 0 Å². The molecule has 0 aliphatic carbocycles. The number of benzene rings is 1. The molecule has 2 heterocycles. The normalized spacial score (nSPS) is 11.0. The van der Waals surface area contributed by atoms with Gasteiger partial charge in [-0.2, -0.15) is 9.50 Å². The number of hydrogen-bond acceptors (Lipinski definition) is 5. The molecule has 2 aromatic heterocycles. The molecule has 3 aromatic rings. The number of carbonyl (C=O) groups is 1. The van der Waals surface area contributed by atoms with Gasteiger partial charge in [0.05, 0.1) is 6.42 Å². The van der Waals surface area contributed by atoms with E-state index >= 15 is 0 Å². The molecule has 24 heavy (non-hydrogen) atoms.